The Hall–Kier alpha value is -4.14. The quantitative estimate of drug-likeness (QED) is 0.166. The summed E-state index contributed by atoms with van der Waals surface area (Å²) in [4.78, 5) is 13.0. The van der Waals surface area contributed by atoms with E-state index >= 15 is 0 Å². The summed E-state index contributed by atoms with van der Waals surface area (Å²) in [6.07, 6.45) is 1.45. The van der Waals surface area contributed by atoms with Crippen LogP contribution in [0.15, 0.2) is 113 Å². The highest BCUT2D eigenvalue weighted by Crippen LogP contribution is 2.26. The van der Waals surface area contributed by atoms with Crippen molar-refractivity contribution in [3.63, 3.8) is 0 Å². The predicted octanol–water partition coefficient (Wildman–Crippen LogP) is 6.39. The molecule has 0 unspecified atom stereocenters. The molecule has 9 heteroatoms. The third-order valence-electron chi connectivity index (χ3n) is 6.12. The first-order valence-corrected chi connectivity index (χ1v) is 14.5. The number of ether oxygens (including phenoxy) is 1. The molecule has 4 aromatic carbocycles. The number of hydrazone groups is 1. The molecule has 0 heterocycles. The van der Waals surface area contributed by atoms with Crippen molar-refractivity contribution in [1.82, 2.24) is 5.43 Å². The maximum absolute atomic E-state index is 13.5. The second-order valence-electron chi connectivity index (χ2n) is 9.28. The summed E-state index contributed by atoms with van der Waals surface area (Å²) in [7, 11) is -4.01. The second kappa shape index (κ2) is 13.3. The number of benzene rings is 4. The lowest BCUT2D eigenvalue weighted by Crippen LogP contribution is -2.39. The van der Waals surface area contributed by atoms with Crippen molar-refractivity contribution in [2.75, 3.05) is 10.8 Å². The Balaban J connectivity index is 1.49. The van der Waals surface area contributed by atoms with Gasteiger partial charge in [-0.2, -0.15) is 5.10 Å². The Morgan fingerprint density at radius 2 is 1.57 bits per heavy atom. The molecule has 0 radical (unpaired) electrons. The average molecular weight is 576 g/mol. The van der Waals surface area contributed by atoms with Gasteiger partial charge in [-0.1, -0.05) is 86.1 Å². The van der Waals surface area contributed by atoms with E-state index in [0.717, 1.165) is 15.4 Å². The van der Waals surface area contributed by atoms with Gasteiger partial charge in [-0.05, 0) is 53.9 Å². The lowest BCUT2D eigenvalue weighted by atomic mass is 10.0. The molecule has 40 heavy (non-hydrogen) atoms. The van der Waals surface area contributed by atoms with Crippen LogP contribution in [-0.4, -0.2) is 27.1 Å². The average Bonchev–Trinajstić information content (AvgIpc) is 2.96. The Morgan fingerprint density at radius 1 is 0.925 bits per heavy atom. The molecule has 0 aliphatic rings. The zero-order chi connectivity index (χ0) is 28.5. The summed E-state index contributed by atoms with van der Waals surface area (Å²) in [5.41, 5.74) is 5.35. The molecule has 0 bridgehead atoms. The number of nitrogens with zero attached hydrogens (tertiary/aromatic N) is 2. The molecule has 206 valence electrons. The normalized spacial score (nSPS) is 11.5. The van der Waals surface area contributed by atoms with Gasteiger partial charge >= 0.3 is 0 Å². The predicted molar refractivity (Wildman–Crippen MR) is 159 cm³/mol. The smallest absolute Gasteiger partial charge is 0.264 e. The molecule has 1 amide bonds. The van der Waals surface area contributed by atoms with Crippen molar-refractivity contribution < 1.29 is 17.9 Å². The van der Waals surface area contributed by atoms with Crippen LogP contribution >= 0.6 is 11.6 Å². The Morgan fingerprint density at radius 3 is 2.27 bits per heavy atom. The highest BCUT2D eigenvalue weighted by Gasteiger charge is 2.27. The third-order valence-corrected chi connectivity index (χ3v) is 8.28. The Labute approximate surface area is 240 Å². The molecule has 1 N–H and O–H groups in total. The van der Waals surface area contributed by atoms with Crippen molar-refractivity contribution in [2.24, 2.45) is 5.10 Å². The number of carbonyl (C=O) groups excluding carboxylic acids is 1. The van der Waals surface area contributed by atoms with Crippen molar-refractivity contribution in [1.29, 1.82) is 0 Å². The third kappa shape index (κ3) is 7.28. The van der Waals surface area contributed by atoms with Crippen LogP contribution in [0.3, 0.4) is 0 Å². The second-order valence-corrected chi connectivity index (χ2v) is 11.6. The van der Waals surface area contributed by atoms with Crippen molar-refractivity contribution >= 4 is 39.4 Å². The summed E-state index contributed by atoms with van der Waals surface area (Å²) >= 11 is 6.23. The molecule has 0 spiro atoms. The molecular weight excluding hydrogens is 546 g/mol. The van der Waals surface area contributed by atoms with Gasteiger partial charge in [0, 0.05) is 16.1 Å². The van der Waals surface area contributed by atoms with Crippen LogP contribution in [0, 0.1) is 0 Å². The number of nitrogens with one attached hydrogen (secondary N) is 1. The molecule has 0 saturated carbocycles. The highest BCUT2D eigenvalue weighted by molar-refractivity contribution is 7.92. The first kappa shape index (κ1) is 28.9. The van der Waals surface area contributed by atoms with Gasteiger partial charge in [0.25, 0.3) is 15.9 Å². The van der Waals surface area contributed by atoms with Crippen LogP contribution in [0.5, 0.6) is 5.75 Å². The number of carbonyl (C=O) groups is 1. The van der Waals surface area contributed by atoms with Gasteiger partial charge in [0.05, 0.1) is 16.8 Å². The van der Waals surface area contributed by atoms with E-state index in [1.807, 2.05) is 42.5 Å². The first-order valence-electron chi connectivity index (χ1n) is 12.7. The number of rotatable bonds is 11. The van der Waals surface area contributed by atoms with E-state index in [4.69, 9.17) is 16.3 Å². The number of hydrogen-bond donors (Lipinski definition) is 1. The van der Waals surface area contributed by atoms with Crippen LogP contribution < -0.4 is 14.5 Å². The summed E-state index contributed by atoms with van der Waals surface area (Å²) in [6, 6.07) is 29.8. The fourth-order valence-corrected chi connectivity index (χ4v) is 5.52. The van der Waals surface area contributed by atoms with Gasteiger partial charge < -0.3 is 4.74 Å². The van der Waals surface area contributed by atoms with Gasteiger partial charge in [0.1, 0.15) is 18.9 Å². The highest BCUT2D eigenvalue weighted by atomic mass is 35.5. The SMILES string of the molecule is CC(C)c1ccc(N(CC(=O)N/N=C/c2ccccc2OCc2ccccc2Cl)S(=O)(=O)c2ccccc2)cc1. The molecular formula is C31H30ClN3O4S. The van der Waals surface area contributed by atoms with Gasteiger partial charge in [0.2, 0.25) is 0 Å². The number of halogens is 1. The lowest BCUT2D eigenvalue weighted by Gasteiger charge is -2.24. The maximum Gasteiger partial charge on any atom is 0.264 e. The van der Waals surface area contributed by atoms with Crippen LogP contribution in [0.1, 0.15) is 36.5 Å². The standard InChI is InChI=1S/C31H30ClN3O4S/c1-23(2)24-16-18-27(19-17-24)35(40(37,38)28-12-4-3-5-13-28)21-31(36)34-33-20-25-10-7-9-15-30(25)39-22-26-11-6-8-14-29(26)32/h3-20,23H,21-22H2,1-2H3,(H,34,36)/b33-20+. The molecule has 0 fully saturated rings. The number of para-hydroxylation sites is 1. The number of hydrogen-bond acceptors (Lipinski definition) is 5. The van der Waals surface area contributed by atoms with Gasteiger partial charge in [-0.3, -0.25) is 9.10 Å². The fraction of sp³-hybridized carbons (Fsp3) is 0.161. The first-order chi connectivity index (χ1) is 19.3. The summed E-state index contributed by atoms with van der Waals surface area (Å²) in [5.74, 6) is 0.236. The Bertz CT molecular complexity index is 1570. The maximum atomic E-state index is 13.5. The van der Waals surface area contributed by atoms with E-state index in [0.29, 0.717) is 22.0 Å². The van der Waals surface area contributed by atoms with E-state index < -0.39 is 22.5 Å². The molecule has 4 rings (SSSR count). The zero-order valence-electron chi connectivity index (χ0n) is 22.2. The number of anilines is 1. The minimum Gasteiger partial charge on any atom is -0.488 e. The van der Waals surface area contributed by atoms with Crippen LogP contribution in [0.2, 0.25) is 5.02 Å². The summed E-state index contributed by atoms with van der Waals surface area (Å²) < 4.78 is 34.1. The molecule has 0 aromatic heterocycles. The van der Waals surface area contributed by atoms with E-state index in [2.05, 4.69) is 24.4 Å². The zero-order valence-corrected chi connectivity index (χ0v) is 23.8. The van der Waals surface area contributed by atoms with E-state index in [1.165, 1.54) is 18.3 Å². The van der Waals surface area contributed by atoms with Crippen molar-refractivity contribution in [2.45, 2.75) is 31.3 Å². The largest absolute Gasteiger partial charge is 0.488 e. The molecule has 4 aromatic rings. The molecule has 0 saturated heterocycles. The topological polar surface area (TPSA) is 88.1 Å². The van der Waals surface area contributed by atoms with E-state index in [9.17, 15) is 13.2 Å². The van der Waals surface area contributed by atoms with Crippen molar-refractivity contribution in [3.05, 3.63) is 125 Å². The number of sulfonamides is 1. The van der Waals surface area contributed by atoms with E-state index in [-0.39, 0.29) is 17.4 Å². The lowest BCUT2D eigenvalue weighted by molar-refractivity contribution is -0.119. The molecule has 0 aliphatic heterocycles. The van der Waals surface area contributed by atoms with Gasteiger partial charge in [0.15, 0.2) is 0 Å². The minimum absolute atomic E-state index is 0.0869. The molecule has 0 atom stereocenters. The minimum atomic E-state index is -4.01. The monoisotopic (exact) mass is 575 g/mol. The van der Waals surface area contributed by atoms with Gasteiger partial charge in [-0.15, -0.1) is 0 Å². The summed E-state index contributed by atoms with van der Waals surface area (Å²) in [5, 5.41) is 4.67. The summed E-state index contributed by atoms with van der Waals surface area (Å²) in [6.45, 7) is 3.91. The molecule has 7 nitrogen and oxygen atoms in total. The van der Waals surface area contributed by atoms with Crippen molar-refractivity contribution in [3.8, 4) is 5.75 Å². The molecule has 0 aliphatic carbocycles. The van der Waals surface area contributed by atoms with Gasteiger partial charge in [-0.25, -0.2) is 13.8 Å². The van der Waals surface area contributed by atoms with Crippen LogP contribution in [-0.2, 0) is 21.4 Å². The number of amides is 1. The van der Waals surface area contributed by atoms with Crippen LogP contribution in [0.25, 0.3) is 0 Å². The fourth-order valence-electron chi connectivity index (χ4n) is 3.89. The van der Waals surface area contributed by atoms with E-state index in [1.54, 1.807) is 48.5 Å². The Kier molecular flexibility index (Phi) is 9.58. The van der Waals surface area contributed by atoms with Crippen LogP contribution in [0.4, 0.5) is 5.69 Å².